The highest BCUT2D eigenvalue weighted by molar-refractivity contribution is 7.92. The normalized spacial score (nSPS) is 11.0. The molecule has 2 aromatic rings. The zero-order valence-corrected chi connectivity index (χ0v) is 15.4. The molecule has 0 atom stereocenters. The molecule has 25 heavy (non-hydrogen) atoms. The highest BCUT2D eigenvalue weighted by Gasteiger charge is 2.24. The van der Waals surface area contributed by atoms with Crippen LogP contribution in [0.5, 0.6) is 5.75 Å². The largest absolute Gasteiger partial charge is 0.497 e. The molecule has 0 radical (unpaired) electrons. The summed E-state index contributed by atoms with van der Waals surface area (Å²) in [7, 11) is -2.13. The average molecular weight is 362 g/mol. The summed E-state index contributed by atoms with van der Waals surface area (Å²) in [5.74, 6) is 0.218. The van der Waals surface area contributed by atoms with Crippen LogP contribution in [-0.2, 0) is 14.8 Å². The Balaban J connectivity index is 2.32. The number of benzene rings is 2. The summed E-state index contributed by atoms with van der Waals surface area (Å²) in [4.78, 5) is 14.3. The van der Waals surface area contributed by atoms with Crippen molar-refractivity contribution in [3.8, 4) is 5.75 Å². The molecule has 0 bridgehead atoms. The minimum absolute atomic E-state index is 0.283. The molecule has 0 aromatic heterocycles. The number of likely N-dealkylation sites (N-methyl/N-ethyl adjacent to an activating group) is 1. The molecule has 0 aliphatic heterocycles. The SMILES string of the molecule is CCN(C(=O)CN(c1cccc(OC)c1)S(C)(=O)=O)c1ccccc1. The molecule has 0 saturated carbocycles. The summed E-state index contributed by atoms with van der Waals surface area (Å²) >= 11 is 0. The Bertz CT molecular complexity index is 822. The lowest BCUT2D eigenvalue weighted by Crippen LogP contribution is -2.42. The van der Waals surface area contributed by atoms with E-state index in [9.17, 15) is 13.2 Å². The molecule has 0 N–H and O–H groups in total. The third-order valence-corrected chi connectivity index (χ3v) is 4.85. The second kappa shape index (κ2) is 8.02. The molecule has 2 rings (SSSR count). The number of ether oxygens (including phenoxy) is 1. The Morgan fingerprint density at radius 2 is 1.68 bits per heavy atom. The van der Waals surface area contributed by atoms with Crippen molar-refractivity contribution in [3.63, 3.8) is 0 Å². The summed E-state index contributed by atoms with van der Waals surface area (Å²) in [5, 5.41) is 0. The number of anilines is 2. The van der Waals surface area contributed by atoms with Gasteiger partial charge in [-0.2, -0.15) is 0 Å². The first-order chi connectivity index (χ1) is 11.9. The molecule has 7 heteroatoms. The zero-order valence-electron chi connectivity index (χ0n) is 14.5. The van der Waals surface area contributed by atoms with E-state index in [0.29, 0.717) is 18.0 Å². The molecule has 0 unspecified atom stereocenters. The molecule has 0 aliphatic carbocycles. The van der Waals surface area contributed by atoms with Crippen molar-refractivity contribution in [2.24, 2.45) is 0 Å². The van der Waals surface area contributed by atoms with Crippen LogP contribution in [0.1, 0.15) is 6.92 Å². The van der Waals surface area contributed by atoms with Crippen molar-refractivity contribution >= 4 is 27.3 Å². The van der Waals surface area contributed by atoms with Gasteiger partial charge in [-0.1, -0.05) is 24.3 Å². The quantitative estimate of drug-likeness (QED) is 0.759. The van der Waals surface area contributed by atoms with Crippen LogP contribution >= 0.6 is 0 Å². The van der Waals surface area contributed by atoms with Crippen molar-refractivity contribution in [1.29, 1.82) is 0 Å². The Morgan fingerprint density at radius 3 is 2.24 bits per heavy atom. The molecule has 0 aliphatic rings. The van der Waals surface area contributed by atoms with Crippen LogP contribution in [0.15, 0.2) is 54.6 Å². The van der Waals surface area contributed by atoms with Gasteiger partial charge >= 0.3 is 0 Å². The smallest absolute Gasteiger partial charge is 0.247 e. The van der Waals surface area contributed by atoms with Crippen LogP contribution in [0.4, 0.5) is 11.4 Å². The highest BCUT2D eigenvalue weighted by atomic mass is 32.2. The van der Waals surface area contributed by atoms with E-state index in [-0.39, 0.29) is 12.5 Å². The molecular weight excluding hydrogens is 340 g/mol. The van der Waals surface area contributed by atoms with Crippen LogP contribution in [0, 0.1) is 0 Å². The van der Waals surface area contributed by atoms with Gasteiger partial charge in [0.15, 0.2) is 0 Å². The second-order valence-electron chi connectivity index (χ2n) is 5.44. The maximum absolute atomic E-state index is 12.7. The van der Waals surface area contributed by atoms with Crippen LogP contribution in [0.25, 0.3) is 0 Å². The topological polar surface area (TPSA) is 66.9 Å². The fourth-order valence-electron chi connectivity index (χ4n) is 2.48. The van der Waals surface area contributed by atoms with Gasteiger partial charge < -0.3 is 9.64 Å². The first-order valence-electron chi connectivity index (χ1n) is 7.84. The maximum Gasteiger partial charge on any atom is 0.247 e. The van der Waals surface area contributed by atoms with Crippen LogP contribution in [0.3, 0.4) is 0 Å². The first-order valence-corrected chi connectivity index (χ1v) is 9.68. The third kappa shape index (κ3) is 4.73. The van der Waals surface area contributed by atoms with Gasteiger partial charge in [0.05, 0.1) is 19.1 Å². The van der Waals surface area contributed by atoms with Crippen molar-refractivity contribution in [2.45, 2.75) is 6.92 Å². The molecule has 6 nitrogen and oxygen atoms in total. The Hall–Kier alpha value is -2.54. The molecule has 0 heterocycles. The lowest BCUT2D eigenvalue weighted by Gasteiger charge is -2.27. The van der Waals surface area contributed by atoms with E-state index in [0.717, 1.165) is 16.2 Å². The monoisotopic (exact) mass is 362 g/mol. The minimum atomic E-state index is -3.63. The number of nitrogens with zero attached hydrogens (tertiary/aromatic N) is 2. The van der Waals surface area contributed by atoms with Crippen molar-refractivity contribution < 1.29 is 17.9 Å². The van der Waals surface area contributed by atoms with Gasteiger partial charge in [-0.3, -0.25) is 9.10 Å². The predicted molar refractivity (Wildman–Crippen MR) is 99.7 cm³/mol. The van der Waals surface area contributed by atoms with E-state index >= 15 is 0 Å². The van der Waals surface area contributed by atoms with E-state index in [4.69, 9.17) is 4.74 Å². The Kier molecular flexibility index (Phi) is 6.03. The molecule has 0 spiro atoms. The third-order valence-electron chi connectivity index (χ3n) is 3.71. The average Bonchev–Trinajstić information content (AvgIpc) is 2.60. The molecular formula is C18H22N2O4S. The van der Waals surface area contributed by atoms with E-state index in [1.165, 1.54) is 7.11 Å². The van der Waals surface area contributed by atoms with Crippen LogP contribution in [-0.4, -0.2) is 40.8 Å². The highest BCUT2D eigenvalue weighted by Crippen LogP contribution is 2.23. The molecule has 134 valence electrons. The standard InChI is InChI=1S/C18H22N2O4S/c1-4-19(15-9-6-5-7-10-15)18(21)14-20(25(3,22)23)16-11-8-12-17(13-16)24-2/h5-13H,4,14H2,1-3H3. The number of para-hydroxylation sites is 1. The molecule has 1 amide bonds. The van der Waals surface area contributed by atoms with Crippen molar-refractivity contribution in [2.75, 3.05) is 35.7 Å². The van der Waals surface area contributed by atoms with E-state index in [1.807, 2.05) is 37.3 Å². The number of carbonyl (C=O) groups excluding carboxylic acids is 1. The number of carbonyl (C=O) groups is 1. The van der Waals surface area contributed by atoms with Gasteiger partial charge in [-0.05, 0) is 31.2 Å². The molecule has 0 fully saturated rings. The van der Waals surface area contributed by atoms with Crippen molar-refractivity contribution in [1.82, 2.24) is 0 Å². The van der Waals surface area contributed by atoms with Gasteiger partial charge in [-0.25, -0.2) is 8.42 Å². The summed E-state index contributed by atoms with van der Waals surface area (Å²) < 4.78 is 30.7. The van der Waals surface area contributed by atoms with E-state index in [2.05, 4.69) is 0 Å². The summed E-state index contributed by atoms with van der Waals surface area (Å²) in [6.45, 7) is 2.01. The number of amides is 1. The summed E-state index contributed by atoms with van der Waals surface area (Å²) in [6.07, 6.45) is 1.08. The second-order valence-corrected chi connectivity index (χ2v) is 7.35. The Morgan fingerprint density at radius 1 is 1.04 bits per heavy atom. The fourth-order valence-corrected chi connectivity index (χ4v) is 3.33. The number of hydrogen-bond acceptors (Lipinski definition) is 4. The maximum atomic E-state index is 12.7. The zero-order chi connectivity index (χ0) is 18.4. The lowest BCUT2D eigenvalue weighted by molar-refractivity contribution is -0.117. The van der Waals surface area contributed by atoms with Gasteiger partial charge in [0, 0.05) is 18.3 Å². The van der Waals surface area contributed by atoms with E-state index < -0.39 is 10.0 Å². The number of sulfonamides is 1. The summed E-state index contributed by atoms with van der Waals surface area (Å²) in [6, 6.07) is 15.8. The number of methoxy groups -OCH3 is 1. The van der Waals surface area contributed by atoms with Gasteiger partial charge in [0.25, 0.3) is 0 Å². The minimum Gasteiger partial charge on any atom is -0.497 e. The number of hydrogen-bond donors (Lipinski definition) is 0. The molecule has 0 saturated heterocycles. The van der Waals surface area contributed by atoms with Crippen molar-refractivity contribution in [3.05, 3.63) is 54.6 Å². The van der Waals surface area contributed by atoms with Gasteiger partial charge in [-0.15, -0.1) is 0 Å². The van der Waals surface area contributed by atoms with E-state index in [1.54, 1.807) is 29.2 Å². The number of rotatable bonds is 7. The summed E-state index contributed by atoms with van der Waals surface area (Å²) in [5.41, 5.74) is 1.12. The predicted octanol–water partition coefficient (Wildman–Crippen LogP) is 2.51. The van der Waals surface area contributed by atoms with Gasteiger partial charge in [0.2, 0.25) is 15.9 Å². The first kappa shape index (κ1) is 18.8. The fraction of sp³-hybridized carbons (Fsp3) is 0.278. The molecule has 2 aromatic carbocycles. The Labute approximate surface area is 148 Å². The van der Waals surface area contributed by atoms with Gasteiger partial charge in [0.1, 0.15) is 12.3 Å². The van der Waals surface area contributed by atoms with Crippen LogP contribution < -0.4 is 13.9 Å². The lowest BCUT2D eigenvalue weighted by atomic mass is 10.2. The van der Waals surface area contributed by atoms with Crippen LogP contribution in [0.2, 0.25) is 0 Å².